The van der Waals surface area contributed by atoms with Crippen LogP contribution in [0.4, 0.5) is 18.9 Å². The van der Waals surface area contributed by atoms with Crippen LogP contribution in [0.2, 0.25) is 0 Å². The number of rotatable bonds is 3. The number of benzene rings is 1. The number of carbonyl (C=O) groups excluding carboxylic acids is 1. The van der Waals surface area contributed by atoms with Crippen molar-refractivity contribution >= 4 is 27.5 Å². The number of nitrogens with one attached hydrogen (secondary N) is 1. The Labute approximate surface area is 121 Å². The summed E-state index contributed by atoms with van der Waals surface area (Å²) >= 11 is 2.79. The fourth-order valence-electron chi connectivity index (χ4n) is 1.34. The largest absolute Gasteiger partial charge is 0.417 e. The monoisotopic (exact) mass is 350 g/mol. The first-order valence-corrected chi connectivity index (χ1v) is 6.32. The molecular weight excluding hydrogens is 341 g/mol. The standard InChI is InChI=1S/C12H10BrF3N2O2/c1-6(10(13)19)11(20)18-8-3-2-7(5-17)9(4-8)12(14,15)16/h2-4,6,10,19H,1H3,(H,18,20). The molecule has 0 fully saturated rings. The van der Waals surface area contributed by atoms with E-state index in [1.165, 1.54) is 19.1 Å². The van der Waals surface area contributed by atoms with Crippen molar-refractivity contribution in [1.29, 1.82) is 5.26 Å². The van der Waals surface area contributed by atoms with Gasteiger partial charge in [0.05, 0.1) is 23.1 Å². The average Bonchev–Trinajstić information content (AvgIpc) is 2.36. The minimum Gasteiger partial charge on any atom is -0.381 e. The second kappa shape index (κ2) is 6.24. The first kappa shape index (κ1) is 16.5. The van der Waals surface area contributed by atoms with E-state index in [1.54, 1.807) is 0 Å². The van der Waals surface area contributed by atoms with E-state index in [0.717, 1.165) is 6.07 Å². The Morgan fingerprint density at radius 1 is 1.50 bits per heavy atom. The van der Waals surface area contributed by atoms with E-state index in [0.29, 0.717) is 6.07 Å². The second-order valence-corrected chi connectivity index (χ2v) is 4.96. The van der Waals surface area contributed by atoms with Crippen molar-refractivity contribution in [3.05, 3.63) is 29.3 Å². The summed E-state index contributed by atoms with van der Waals surface area (Å²) in [6.45, 7) is 1.41. The van der Waals surface area contributed by atoms with Gasteiger partial charge in [-0.2, -0.15) is 18.4 Å². The number of amides is 1. The number of aliphatic hydroxyl groups excluding tert-OH is 1. The van der Waals surface area contributed by atoms with E-state index in [-0.39, 0.29) is 5.69 Å². The molecule has 0 aliphatic carbocycles. The zero-order valence-electron chi connectivity index (χ0n) is 10.2. The van der Waals surface area contributed by atoms with Crippen molar-refractivity contribution in [2.75, 3.05) is 5.32 Å². The minimum absolute atomic E-state index is 0.0960. The number of nitrogens with zero attached hydrogens (tertiary/aromatic N) is 1. The molecule has 108 valence electrons. The molecule has 0 aliphatic rings. The fraction of sp³-hybridized carbons (Fsp3) is 0.333. The fourth-order valence-corrected chi connectivity index (χ4v) is 1.58. The van der Waals surface area contributed by atoms with Crippen LogP contribution in [-0.2, 0) is 11.0 Å². The van der Waals surface area contributed by atoms with Gasteiger partial charge in [0.1, 0.15) is 5.01 Å². The van der Waals surface area contributed by atoms with Crippen molar-refractivity contribution in [3.8, 4) is 6.07 Å². The van der Waals surface area contributed by atoms with Gasteiger partial charge in [0.25, 0.3) is 0 Å². The van der Waals surface area contributed by atoms with Gasteiger partial charge in [0.15, 0.2) is 0 Å². The average molecular weight is 351 g/mol. The third-order valence-corrected chi connectivity index (χ3v) is 3.33. The molecule has 1 rings (SSSR count). The number of anilines is 1. The molecule has 20 heavy (non-hydrogen) atoms. The van der Waals surface area contributed by atoms with Gasteiger partial charge in [-0.05, 0) is 18.2 Å². The summed E-state index contributed by atoms with van der Waals surface area (Å²) in [6.07, 6.45) is -4.69. The van der Waals surface area contributed by atoms with Crippen LogP contribution in [0.1, 0.15) is 18.1 Å². The quantitative estimate of drug-likeness (QED) is 0.823. The number of hydrogen-bond donors (Lipinski definition) is 2. The Bertz CT molecular complexity index is 553. The molecule has 2 unspecified atom stereocenters. The number of alkyl halides is 4. The lowest BCUT2D eigenvalue weighted by molar-refractivity contribution is -0.137. The maximum Gasteiger partial charge on any atom is 0.417 e. The minimum atomic E-state index is -4.69. The van der Waals surface area contributed by atoms with Crippen LogP contribution < -0.4 is 5.32 Å². The van der Waals surface area contributed by atoms with Crippen LogP contribution in [0.25, 0.3) is 0 Å². The molecule has 0 aromatic heterocycles. The molecule has 2 atom stereocenters. The molecule has 0 aliphatic heterocycles. The molecule has 1 aromatic rings. The van der Waals surface area contributed by atoms with Gasteiger partial charge in [-0.1, -0.05) is 22.9 Å². The normalized spacial score (nSPS) is 14.2. The van der Waals surface area contributed by atoms with E-state index in [1.807, 2.05) is 0 Å². The molecular formula is C12H10BrF3N2O2. The first-order valence-electron chi connectivity index (χ1n) is 5.41. The Balaban J connectivity index is 3.05. The predicted octanol–water partition coefficient (Wildman–Crippen LogP) is 2.86. The molecule has 8 heteroatoms. The molecule has 1 aromatic carbocycles. The van der Waals surface area contributed by atoms with Crippen LogP contribution in [0.3, 0.4) is 0 Å². The molecule has 4 nitrogen and oxygen atoms in total. The summed E-state index contributed by atoms with van der Waals surface area (Å²) in [7, 11) is 0. The van der Waals surface area contributed by atoms with Crippen molar-refractivity contribution in [1.82, 2.24) is 0 Å². The zero-order valence-corrected chi connectivity index (χ0v) is 11.8. The lowest BCUT2D eigenvalue weighted by Crippen LogP contribution is -2.27. The van der Waals surface area contributed by atoms with Crippen molar-refractivity contribution in [2.45, 2.75) is 18.1 Å². The number of carbonyl (C=O) groups is 1. The molecule has 2 N–H and O–H groups in total. The van der Waals surface area contributed by atoms with Gasteiger partial charge < -0.3 is 10.4 Å². The number of nitriles is 1. The summed E-state index contributed by atoms with van der Waals surface area (Å²) in [5.41, 5.74) is -1.74. The molecule has 0 spiro atoms. The lowest BCUT2D eigenvalue weighted by Gasteiger charge is -2.15. The number of halogens is 4. The summed E-state index contributed by atoms with van der Waals surface area (Å²) in [4.78, 5) is 11.6. The Hall–Kier alpha value is -1.59. The summed E-state index contributed by atoms with van der Waals surface area (Å²) < 4.78 is 38.2. The third kappa shape index (κ3) is 3.95. The lowest BCUT2D eigenvalue weighted by atomic mass is 10.1. The Morgan fingerprint density at radius 3 is 2.55 bits per heavy atom. The first-order chi connectivity index (χ1) is 9.16. The van der Waals surface area contributed by atoms with Crippen molar-refractivity contribution in [3.63, 3.8) is 0 Å². The topological polar surface area (TPSA) is 73.1 Å². The zero-order chi connectivity index (χ0) is 15.5. The van der Waals surface area contributed by atoms with Crippen LogP contribution in [0, 0.1) is 17.2 Å². The van der Waals surface area contributed by atoms with E-state index >= 15 is 0 Å². The van der Waals surface area contributed by atoms with Gasteiger partial charge >= 0.3 is 6.18 Å². The number of aliphatic hydroxyl groups is 1. The highest BCUT2D eigenvalue weighted by molar-refractivity contribution is 9.09. The second-order valence-electron chi connectivity index (χ2n) is 4.02. The summed E-state index contributed by atoms with van der Waals surface area (Å²) in [5, 5.41) is 18.9. The van der Waals surface area contributed by atoms with E-state index in [2.05, 4.69) is 21.2 Å². The van der Waals surface area contributed by atoms with Gasteiger partial charge in [0.2, 0.25) is 5.91 Å². The van der Waals surface area contributed by atoms with Crippen LogP contribution in [0.15, 0.2) is 18.2 Å². The molecule has 0 saturated carbocycles. The molecule has 0 bridgehead atoms. The molecule has 0 heterocycles. The van der Waals surface area contributed by atoms with E-state index in [9.17, 15) is 18.0 Å². The smallest absolute Gasteiger partial charge is 0.381 e. The van der Waals surface area contributed by atoms with Crippen LogP contribution in [0.5, 0.6) is 0 Å². The van der Waals surface area contributed by atoms with Gasteiger partial charge in [-0.15, -0.1) is 0 Å². The molecule has 0 radical (unpaired) electrons. The van der Waals surface area contributed by atoms with Crippen LogP contribution in [-0.4, -0.2) is 16.0 Å². The Kier molecular flexibility index (Phi) is 5.14. The highest BCUT2D eigenvalue weighted by Crippen LogP contribution is 2.33. The van der Waals surface area contributed by atoms with Gasteiger partial charge in [-0.3, -0.25) is 4.79 Å². The molecule has 1 amide bonds. The maximum absolute atomic E-state index is 12.7. The summed E-state index contributed by atoms with van der Waals surface area (Å²) in [5.74, 6) is -1.49. The van der Waals surface area contributed by atoms with Gasteiger partial charge in [-0.25, -0.2) is 0 Å². The van der Waals surface area contributed by atoms with Crippen molar-refractivity contribution < 1.29 is 23.1 Å². The highest BCUT2D eigenvalue weighted by Gasteiger charge is 2.34. The SMILES string of the molecule is CC(C(=O)Nc1ccc(C#N)c(C(F)(F)F)c1)C(O)Br. The van der Waals surface area contributed by atoms with E-state index in [4.69, 9.17) is 10.4 Å². The predicted molar refractivity (Wildman–Crippen MR) is 68.9 cm³/mol. The van der Waals surface area contributed by atoms with Gasteiger partial charge in [0, 0.05) is 5.69 Å². The summed E-state index contributed by atoms with van der Waals surface area (Å²) in [6, 6.07) is 4.30. The molecule has 0 saturated heterocycles. The Morgan fingerprint density at radius 2 is 2.10 bits per heavy atom. The number of hydrogen-bond acceptors (Lipinski definition) is 3. The van der Waals surface area contributed by atoms with Crippen molar-refractivity contribution in [2.24, 2.45) is 5.92 Å². The van der Waals surface area contributed by atoms with E-state index < -0.39 is 34.1 Å². The third-order valence-electron chi connectivity index (χ3n) is 2.54. The van der Waals surface area contributed by atoms with Crippen LogP contribution >= 0.6 is 15.9 Å². The highest BCUT2D eigenvalue weighted by atomic mass is 79.9. The maximum atomic E-state index is 12.7.